The largest absolute Gasteiger partial charge is 0.476 e. The second-order valence-corrected chi connectivity index (χ2v) is 6.38. The minimum Gasteiger partial charge on any atom is -0.476 e. The Bertz CT molecular complexity index is 571. The summed E-state index contributed by atoms with van der Waals surface area (Å²) < 4.78 is 5.57. The number of carbonyl (C=O) groups excluding carboxylic acids is 1. The monoisotopic (exact) mass is 367 g/mol. The zero-order valence-electron chi connectivity index (χ0n) is 14.8. The highest BCUT2D eigenvalue weighted by atomic mass is 35.5. The van der Waals surface area contributed by atoms with Gasteiger partial charge in [-0.1, -0.05) is 11.6 Å². The summed E-state index contributed by atoms with van der Waals surface area (Å²) in [6.07, 6.45) is 4.17. The zero-order valence-corrected chi connectivity index (χ0v) is 15.6. The van der Waals surface area contributed by atoms with E-state index in [4.69, 9.17) is 16.3 Å². The number of aliphatic imine (C=N–C) groups is 1. The number of hydrogen-bond donors (Lipinski definition) is 2. The first-order chi connectivity index (χ1) is 12.1. The van der Waals surface area contributed by atoms with Gasteiger partial charge in [0.15, 0.2) is 5.96 Å². The van der Waals surface area contributed by atoms with Gasteiger partial charge in [0.1, 0.15) is 6.61 Å². The molecule has 7 nitrogen and oxygen atoms in total. The summed E-state index contributed by atoms with van der Waals surface area (Å²) in [7, 11) is 3.46. The maximum absolute atomic E-state index is 11.5. The molecule has 1 amide bonds. The van der Waals surface area contributed by atoms with Crippen molar-refractivity contribution in [3.8, 4) is 5.88 Å². The summed E-state index contributed by atoms with van der Waals surface area (Å²) in [5.41, 5.74) is 0. The number of amides is 1. The number of nitrogens with zero attached hydrogens (tertiary/aromatic N) is 3. The molecule has 8 heteroatoms. The molecule has 2 N–H and O–H groups in total. The molecule has 0 radical (unpaired) electrons. The Balaban J connectivity index is 1.68. The van der Waals surface area contributed by atoms with Crippen LogP contribution in [0.4, 0.5) is 0 Å². The SMILES string of the molecule is CN=C(NCCOc1ccc(Cl)cn1)N1CCC(CC(=O)NC)CC1. The van der Waals surface area contributed by atoms with E-state index < -0.39 is 0 Å². The summed E-state index contributed by atoms with van der Waals surface area (Å²) in [5.74, 6) is 1.99. The van der Waals surface area contributed by atoms with E-state index >= 15 is 0 Å². The Morgan fingerprint density at radius 1 is 1.44 bits per heavy atom. The molecule has 138 valence electrons. The van der Waals surface area contributed by atoms with E-state index in [1.165, 1.54) is 0 Å². The average molecular weight is 368 g/mol. The van der Waals surface area contributed by atoms with E-state index in [1.807, 2.05) is 0 Å². The van der Waals surface area contributed by atoms with Gasteiger partial charge in [-0.15, -0.1) is 0 Å². The molecule has 1 aromatic rings. The van der Waals surface area contributed by atoms with Crippen LogP contribution in [0.5, 0.6) is 5.88 Å². The molecule has 1 fully saturated rings. The second-order valence-electron chi connectivity index (χ2n) is 5.94. The molecule has 0 spiro atoms. The van der Waals surface area contributed by atoms with Crippen LogP contribution >= 0.6 is 11.6 Å². The molecule has 1 aliphatic heterocycles. The Morgan fingerprint density at radius 2 is 2.20 bits per heavy atom. The first-order valence-electron chi connectivity index (χ1n) is 8.53. The maximum Gasteiger partial charge on any atom is 0.220 e. The van der Waals surface area contributed by atoms with Gasteiger partial charge in [-0.25, -0.2) is 4.98 Å². The number of aromatic nitrogens is 1. The number of hydrogen-bond acceptors (Lipinski definition) is 4. The molecule has 0 aromatic carbocycles. The van der Waals surface area contributed by atoms with E-state index in [-0.39, 0.29) is 5.91 Å². The Labute approximate surface area is 153 Å². The molecule has 1 aromatic heterocycles. The number of likely N-dealkylation sites (tertiary alicyclic amines) is 1. The summed E-state index contributed by atoms with van der Waals surface area (Å²) in [6, 6.07) is 3.49. The summed E-state index contributed by atoms with van der Waals surface area (Å²) in [5, 5.41) is 6.59. The lowest BCUT2D eigenvalue weighted by Gasteiger charge is -2.34. The van der Waals surface area contributed by atoms with Crippen molar-refractivity contribution in [2.24, 2.45) is 10.9 Å². The highest BCUT2D eigenvalue weighted by Crippen LogP contribution is 2.20. The molecule has 2 heterocycles. The lowest BCUT2D eigenvalue weighted by molar-refractivity contribution is -0.121. The Morgan fingerprint density at radius 3 is 2.80 bits per heavy atom. The Hall–Kier alpha value is -2.02. The maximum atomic E-state index is 11.5. The predicted molar refractivity (Wildman–Crippen MR) is 99.1 cm³/mol. The van der Waals surface area contributed by atoms with Crippen LogP contribution in [-0.4, -0.2) is 62.1 Å². The lowest BCUT2D eigenvalue weighted by atomic mass is 9.93. The lowest BCUT2D eigenvalue weighted by Crippen LogP contribution is -2.46. The molecular weight excluding hydrogens is 342 g/mol. The van der Waals surface area contributed by atoms with Crippen LogP contribution in [0.15, 0.2) is 23.3 Å². The van der Waals surface area contributed by atoms with Gasteiger partial charge in [0.2, 0.25) is 11.8 Å². The summed E-state index contributed by atoms with van der Waals surface area (Å²) in [4.78, 5) is 22.1. The fraction of sp³-hybridized carbons (Fsp3) is 0.588. The van der Waals surface area contributed by atoms with Gasteiger partial charge in [-0.2, -0.15) is 0 Å². The van der Waals surface area contributed by atoms with E-state index in [9.17, 15) is 4.79 Å². The first-order valence-corrected chi connectivity index (χ1v) is 8.90. The van der Waals surface area contributed by atoms with E-state index in [2.05, 4.69) is 25.5 Å². The number of ether oxygens (including phenoxy) is 1. The van der Waals surface area contributed by atoms with Crippen LogP contribution in [0.1, 0.15) is 19.3 Å². The Kier molecular flexibility index (Phi) is 7.78. The standard InChI is InChI=1S/C17H26ClN5O2/c1-19-15(24)11-13-5-8-23(9-6-13)17(20-2)21-7-10-25-16-4-3-14(18)12-22-16/h3-4,12-13H,5-11H2,1-2H3,(H,19,24)(H,20,21). The zero-order chi connectivity index (χ0) is 18.1. The smallest absolute Gasteiger partial charge is 0.220 e. The number of nitrogens with one attached hydrogen (secondary N) is 2. The fourth-order valence-electron chi connectivity index (χ4n) is 2.81. The number of piperidine rings is 1. The molecule has 0 bridgehead atoms. The second kappa shape index (κ2) is 10.1. The van der Waals surface area contributed by atoms with Gasteiger partial charge >= 0.3 is 0 Å². The number of pyridine rings is 1. The van der Waals surface area contributed by atoms with Crippen LogP contribution < -0.4 is 15.4 Å². The summed E-state index contributed by atoms with van der Waals surface area (Å²) >= 11 is 5.79. The number of halogens is 1. The third-order valence-corrected chi connectivity index (χ3v) is 4.44. The quantitative estimate of drug-likeness (QED) is 0.453. The van der Waals surface area contributed by atoms with Crippen molar-refractivity contribution >= 4 is 23.5 Å². The van der Waals surface area contributed by atoms with Gasteiger partial charge < -0.3 is 20.3 Å². The highest BCUT2D eigenvalue weighted by Gasteiger charge is 2.22. The number of guanidine groups is 1. The first kappa shape index (κ1) is 19.3. The van der Waals surface area contributed by atoms with Crippen LogP contribution in [0.25, 0.3) is 0 Å². The number of rotatable bonds is 6. The van der Waals surface area contributed by atoms with Crippen molar-refractivity contribution in [1.82, 2.24) is 20.5 Å². The van der Waals surface area contributed by atoms with Gasteiger partial charge in [0.25, 0.3) is 0 Å². The van der Waals surface area contributed by atoms with Crippen LogP contribution in [-0.2, 0) is 4.79 Å². The molecule has 25 heavy (non-hydrogen) atoms. The molecule has 0 aliphatic carbocycles. The van der Waals surface area contributed by atoms with Crippen molar-refractivity contribution in [2.45, 2.75) is 19.3 Å². The normalized spacial score (nSPS) is 15.8. The van der Waals surface area contributed by atoms with Crippen molar-refractivity contribution in [2.75, 3.05) is 40.3 Å². The van der Waals surface area contributed by atoms with Crippen molar-refractivity contribution in [3.05, 3.63) is 23.4 Å². The summed E-state index contributed by atoms with van der Waals surface area (Å²) in [6.45, 7) is 2.93. The van der Waals surface area contributed by atoms with Crippen LogP contribution in [0.3, 0.4) is 0 Å². The molecule has 1 saturated heterocycles. The molecule has 0 saturated carbocycles. The van der Waals surface area contributed by atoms with Gasteiger partial charge in [-0.3, -0.25) is 9.79 Å². The fourth-order valence-corrected chi connectivity index (χ4v) is 2.92. The van der Waals surface area contributed by atoms with Crippen LogP contribution in [0, 0.1) is 5.92 Å². The minimum absolute atomic E-state index is 0.119. The number of carbonyl (C=O) groups is 1. The molecule has 1 aliphatic rings. The minimum atomic E-state index is 0.119. The van der Waals surface area contributed by atoms with Crippen LogP contribution in [0.2, 0.25) is 5.02 Å². The average Bonchev–Trinajstić information content (AvgIpc) is 2.64. The van der Waals surface area contributed by atoms with E-state index in [0.29, 0.717) is 36.4 Å². The third-order valence-electron chi connectivity index (χ3n) is 4.21. The highest BCUT2D eigenvalue weighted by molar-refractivity contribution is 6.30. The molecule has 0 unspecified atom stereocenters. The van der Waals surface area contributed by atoms with Gasteiger partial charge in [0, 0.05) is 45.9 Å². The van der Waals surface area contributed by atoms with Gasteiger partial charge in [-0.05, 0) is 24.8 Å². The molecule has 0 atom stereocenters. The van der Waals surface area contributed by atoms with E-state index in [1.54, 1.807) is 32.4 Å². The molecule has 2 rings (SSSR count). The van der Waals surface area contributed by atoms with Crippen molar-refractivity contribution in [1.29, 1.82) is 0 Å². The van der Waals surface area contributed by atoms with Gasteiger partial charge in [0.05, 0.1) is 11.6 Å². The molecular formula is C17H26ClN5O2. The predicted octanol–water partition coefficient (Wildman–Crippen LogP) is 1.54. The van der Waals surface area contributed by atoms with Crippen molar-refractivity contribution in [3.63, 3.8) is 0 Å². The third kappa shape index (κ3) is 6.42. The van der Waals surface area contributed by atoms with E-state index in [0.717, 1.165) is 31.9 Å². The van der Waals surface area contributed by atoms with Crippen molar-refractivity contribution < 1.29 is 9.53 Å². The topological polar surface area (TPSA) is 78.9 Å².